The van der Waals surface area contributed by atoms with Gasteiger partial charge in [-0.3, -0.25) is 4.79 Å². The predicted octanol–water partition coefficient (Wildman–Crippen LogP) is 0.104. The van der Waals surface area contributed by atoms with E-state index in [9.17, 15) is 4.79 Å². The molecule has 0 aliphatic heterocycles. The molecule has 4 heteroatoms. The zero-order valence-corrected chi connectivity index (χ0v) is 8.41. The Kier molecular flexibility index (Phi) is 3.72. The lowest BCUT2D eigenvalue weighted by molar-refractivity contribution is 0.0999. The molecular formula is C11H12N2O2. The molecule has 0 saturated heterocycles. The van der Waals surface area contributed by atoms with Gasteiger partial charge in [0.1, 0.15) is 5.75 Å². The number of benzene rings is 1. The van der Waals surface area contributed by atoms with E-state index < -0.39 is 5.91 Å². The van der Waals surface area contributed by atoms with Gasteiger partial charge in [0.25, 0.3) is 0 Å². The fraction of sp³-hybridized carbons (Fsp3) is 0.182. The van der Waals surface area contributed by atoms with Crippen LogP contribution in [-0.4, -0.2) is 19.6 Å². The second-order valence-electron chi connectivity index (χ2n) is 2.78. The van der Waals surface area contributed by atoms with E-state index in [1.807, 2.05) is 0 Å². The van der Waals surface area contributed by atoms with Crippen LogP contribution in [0.3, 0.4) is 0 Å². The first-order valence-electron chi connectivity index (χ1n) is 4.36. The number of carbonyl (C=O) groups is 1. The highest BCUT2D eigenvalue weighted by molar-refractivity contribution is 5.95. The topological polar surface area (TPSA) is 78.3 Å². The van der Waals surface area contributed by atoms with Gasteiger partial charge in [-0.1, -0.05) is 11.8 Å². The molecule has 0 saturated carbocycles. The number of hydrogen-bond acceptors (Lipinski definition) is 3. The Labute approximate surface area is 88.2 Å². The minimum absolute atomic E-state index is 0.240. The van der Waals surface area contributed by atoms with Gasteiger partial charge < -0.3 is 16.2 Å². The Morgan fingerprint density at radius 2 is 2.27 bits per heavy atom. The van der Waals surface area contributed by atoms with E-state index in [1.54, 1.807) is 18.2 Å². The quantitative estimate of drug-likeness (QED) is 0.671. The van der Waals surface area contributed by atoms with E-state index >= 15 is 0 Å². The van der Waals surface area contributed by atoms with E-state index in [0.29, 0.717) is 16.9 Å². The zero-order valence-electron chi connectivity index (χ0n) is 8.41. The standard InChI is InChI=1S/C11H12N2O2/c1-15-9-5-4-8(3-2-6-12)10(7-9)11(13)14/h4-5,7H,6,12H2,1H3,(H2,13,14). The summed E-state index contributed by atoms with van der Waals surface area (Å²) in [6.45, 7) is 0.240. The second kappa shape index (κ2) is 5.03. The number of hydrogen-bond donors (Lipinski definition) is 2. The molecule has 0 heterocycles. The number of rotatable bonds is 2. The van der Waals surface area contributed by atoms with Crippen LogP contribution in [0.15, 0.2) is 18.2 Å². The maximum absolute atomic E-state index is 11.1. The van der Waals surface area contributed by atoms with Gasteiger partial charge in [0.2, 0.25) is 5.91 Å². The Bertz CT molecular complexity index is 430. The molecule has 0 bridgehead atoms. The van der Waals surface area contributed by atoms with E-state index in [1.165, 1.54) is 7.11 Å². The van der Waals surface area contributed by atoms with Crippen LogP contribution in [0.2, 0.25) is 0 Å². The second-order valence-corrected chi connectivity index (χ2v) is 2.78. The smallest absolute Gasteiger partial charge is 0.250 e. The Balaban J connectivity index is 3.21. The van der Waals surface area contributed by atoms with Gasteiger partial charge in [-0.25, -0.2) is 0 Å². The summed E-state index contributed by atoms with van der Waals surface area (Å²) in [7, 11) is 1.52. The molecule has 0 unspecified atom stereocenters. The first-order chi connectivity index (χ1) is 7.19. The molecule has 1 aromatic rings. The third-order valence-corrected chi connectivity index (χ3v) is 1.82. The van der Waals surface area contributed by atoms with Crippen LogP contribution in [0.25, 0.3) is 0 Å². The third-order valence-electron chi connectivity index (χ3n) is 1.82. The van der Waals surface area contributed by atoms with Gasteiger partial charge in [0, 0.05) is 5.56 Å². The van der Waals surface area contributed by atoms with E-state index in [4.69, 9.17) is 16.2 Å². The molecule has 0 atom stereocenters. The third kappa shape index (κ3) is 2.73. The van der Waals surface area contributed by atoms with E-state index in [-0.39, 0.29) is 6.54 Å². The van der Waals surface area contributed by atoms with E-state index in [0.717, 1.165) is 0 Å². The highest BCUT2D eigenvalue weighted by Gasteiger charge is 2.07. The zero-order chi connectivity index (χ0) is 11.3. The van der Waals surface area contributed by atoms with Gasteiger partial charge in [-0.15, -0.1) is 0 Å². The molecule has 4 nitrogen and oxygen atoms in total. The maximum atomic E-state index is 11.1. The number of methoxy groups -OCH3 is 1. The van der Waals surface area contributed by atoms with Crippen molar-refractivity contribution < 1.29 is 9.53 Å². The Morgan fingerprint density at radius 3 is 2.80 bits per heavy atom. The van der Waals surface area contributed by atoms with Crippen molar-refractivity contribution >= 4 is 5.91 Å². The first kappa shape index (κ1) is 11.1. The number of ether oxygens (including phenoxy) is 1. The van der Waals surface area contributed by atoms with Crippen molar-refractivity contribution in [2.75, 3.05) is 13.7 Å². The minimum atomic E-state index is -0.532. The number of amides is 1. The number of nitrogens with two attached hydrogens (primary N) is 2. The van der Waals surface area contributed by atoms with Crippen molar-refractivity contribution in [2.45, 2.75) is 0 Å². The minimum Gasteiger partial charge on any atom is -0.497 e. The lowest BCUT2D eigenvalue weighted by atomic mass is 10.1. The van der Waals surface area contributed by atoms with Crippen molar-refractivity contribution in [3.63, 3.8) is 0 Å². The predicted molar refractivity (Wildman–Crippen MR) is 57.4 cm³/mol. The number of primary amides is 1. The van der Waals surface area contributed by atoms with Crippen LogP contribution in [0.1, 0.15) is 15.9 Å². The molecule has 15 heavy (non-hydrogen) atoms. The van der Waals surface area contributed by atoms with Crippen molar-refractivity contribution in [1.82, 2.24) is 0 Å². The monoisotopic (exact) mass is 204 g/mol. The molecule has 0 aliphatic carbocycles. The van der Waals surface area contributed by atoms with Crippen LogP contribution in [0, 0.1) is 11.8 Å². The van der Waals surface area contributed by atoms with Crippen LogP contribution in [0.5, 0.6) is 5.75 Å². The first-order valence-corrected chi connectivity index (χ1v) is 4.36. The van der Waals surface area contributed by atoms with Gasteiger partial charge in [0.15, 0.2) is 0 Å². The van der Waals surface area contributed by atoms with Crippen LogP contribution < -0.4 is 16.2 Å². The molecule has 0 spiro atoms. The molecule has 1 amide bonds. The Morgan fingerprint density at radius 1 is 1.53 bits per heavy atom. The summed E-state index contributed by atoms with van der Waals surface area (Å²) in [5, 5.41) is 0. The molecule has 0 aromatic heterocycles. The molecule has 1 rings (SSSR count). The van der Waals surface area contributed by atoms with Crippen molar-refractivity contribution in [3.05, 3.63) is 29.3 Å². The van der Waals surface area contributed by atoms with Gasteiger partial charge in [0.05, 0.1) is 19.2 Å². The number of carbonyl (C=O) groups excluding carboxylic acids is 1. The SMILES string of the molecule is COc1ccc(C#CCN)c(C(N)=O)c1. The summed E-state index contributed by atoms with van der Waals surface area (Å²) in [5.41, 5.74) is 11.4. The summed E-state index contributed by atoms with van der Waals surface area (Å²) in [4.78, 5) is 11.1. The molecule has 1 aromatic carbocycles. The highest BCUT2D eigenvalue weighted by atomic mass is 16.5. The average molecular weight is 204 g/mol. The van der Waals surface area contributed by atoms with Gasteiger partial charge in [-0.05, 0) is 18.2 Å². The summed E-state index contributed by atoms with van der Waals surface area (Å²) in [6.07, 6.45) is 0. The molecule has 0 aliphatic rings. The summed E-state index contributed by atoms with van der Waals surface area (Å²) in [6, 6.07) is 4.96. The molecule has 0 radical (unpaired) electrons. The molecule has 0 fully saturated rings. The molecule has 78 valence electrons. The van der Waals surface area contributed by atoms with Crippen molar-refractivity contribution in [1.29, 1.82) is 0 Å². The van der Waals surface area contributed by atoms with Crippen molar-refractivity contribution in [2.24, 2.45) is 11.5 Å². The largest absolute Gasteiger partial charge is 0.497 e. The van der Waals surface area contributed by atoms with Gasteiger partial charge >= 0.3 is 0 Å². The lowest BCUT2D eigenvalue weighted by Gasteiger charge is -2.03. The summed E-state index contributed by atoms with van der Waals surface area (Å²) >= 11 is 0. The fourth-order valence-corrected chi connectivity index (χ4v) is 1.11. The Hall–Kier alpha value is -1.99. The van der Waals surface area contributed by atoms with Crippen LogP contribution >= 0.6 is 0 Å². The van der Waals surface area contributed by atoms with E-state index in [2.05, 4.69) is 11.8 Å². The molecule has 4 N–H and O–H groups in total. The van der Waals surface area contributed by atoms with Crippen molar-refractivity contribution in [3.8, 4) is 17.6 Å². The van der Waals surface area contributed by atoms with Crippen LogP contribution in [0.4, 0.5) is 0 Å². The molecular weight excluding hydrogens is 192 g/mol. The fourth-order valence-electron chi connectivity index (χ4n) is 1.11. The maximum Gasteiger partial charge on any atom is 0.250 e. The van der Waals surface area contributed by atoms with Crippen LogP contribution in [-0.2, 0) is 0 Å². The summed E-state index contributed by atoms with van der Waals surface area (Å²) < 4.78 is 4.98. The lowest BCUT2D eigenvalue weighted by Crippen LogP contribution is -2.13. The van der Waals surface area contributed by atoms with Gasteiger partial charge in [-0.2, -0.15) is 0 Å². The highest BCUT2D eigenvalue weighted by Crippen LogP contribution is 2.16. The average Bonchev–Trinajstić information content (AvgIpc) is 2.26. The summed E-state index contributed by atoms with van der Waals surface area (Å²) in [5.74, 6) is 5.48. The normalized spacial score (nSPS) is 8.93.